The molecule has 0 unspecified atom stereocenters. The molecular weight excluding hydrogens is 426 g/mol. The first-order valence-electron chi connectivity index (χ1n) is 14.1. The van der Waals surface area contributed by atoms with Crippen molar-refractivity contribution >= 4 is 43.5 Å². The van der Waals surface area contributed by atoms with Crippen LogP contribution in [0.1, 0.15) is 62.7 Å². The second-order valence-electron chi connectivity index (χ2n) is 10.7. The lowest BCUT2D eigenvalue weighted by molar-refractivity contribution is 0.596. The van der Waals surface area contributed by atoms with E-state index in [9.17, 15) is 0 Å². The van der Waals surface area contributed by atoms with Gasteiger partial charge in [0, 0.05) is 28.0 Å². The zero-order valence-electron chi connectivity index (χ0n) is 24.8. The minimum Gasteiger partial charge on any atom is -0.455 e. The van der Waals surface area contributed by atoms with Crippen LogP contribution in [0.15, 0.2) is 77.3 Å². The van der Waals surface area contributed by atoms with Crippen molar-refractivity contribution < 1.29 is 9.90 Å². The molecule has 6 rings (SSSR count). The van der Waals surface area contributed by atoms with Crippen molar-refractivity contribution in [3.05, 3.63) is 89.6 Å². The fourth-order valence-corrected chi connectivity index (χ4v) is 5.18. The molecule has 2 heterocycles. The lowest BCUT2D eigenvalue weighted by atomic mass is 9.81. The summed E-state index contributed by atoms with van der Waals surface area (Å²) >= 11 is 0. The average Bonchev–Trinajstić information content (AvgIpc) is 3.23. The van der Waals surface area contributed by atoms with E-state index in [2.05, 4.69) is 56.1 Å². The van der Waals surface area contributed by atoms with Gasteiger partial charge in [-0.3, -0.25) is 4.98 Å². The van der Waals surface area contributed by atoms with Gasteiger partial charge in [0.05, 0.1) is 5.69 Å². The molecule has 6 aromatic rings. The number of fused-ring (bicyclic) bond motifs is 6. The van der Waals surface area contributed by atoms with Crippen LogP contribution in [0, 0.1) is 6.85 Å². The van der Waals surface area contributed by atoms with E-state index in [1.807, 2.05) is 38.1 Å². The highest BCUT2D eigenvalue weighted by atomic mass is 16.3. The molecule has 4 aromatic carbocycles. The number of furan rings is 1. The average molecular weight is 462 g/mol. The molecule has 0 spiro atoms. The van der Waals surface area contributed by atoms with Crippen LogP contribution in [0.25, 0.3) is 54.7 Å². The summed E-state index contributed by atoms with van der Waals surface area (Å²) in [6.45, 7) is 7.97. The fraction of sp³-hybridized carbons (Fsp3) is 0.242. The van der Waals surface area contributed by atoms with Crippen LogP contribution in [0.2, 0.25) is 0 Å². The summed E-state index contributed by atoms with van der Waals surface area (Å²) in [5.74, 6) is -0.800. The molecule has 35 heavy (non-hydrogen) atoms. The summed E-state index contributed by atoms with van der Waals surface area (Å²) in [7, 11) is 0. The smallest absolute Gasteiger partial charge is 0.145 e. The second kappa shape index (κ2) is 7.68. The summed E-state index contributed by atoms with van der Waals surface area (Å²) in [5.41, 5.74) is 4.70. The third kappa shape index (κ3) is 3.43. The first kappa shape index (κ1) is 17.7. The summed E-state index contributed by atoms with van der Waals surface area (Å²) in [4.78, 5) is 4.59. The fourth-order valence-electron chi connectivity index (χ4n) is 5.18. The van der Waals surface area contributed by atoms with Crippen LogP contribution in [-0.2, 0) is 5.41 Å². The largest absolute Gasteiger partial charge is 0.455 e. The highest BCUT2D eigenvalue weighted by Gasteiger charge is 2.22. The molecule has 0 saturated carbocycles. The van der Waals surface area contributed by atoms with Gasteiger partial charge in [-0.1, -0.05) is 65.0 Å². The number of nitrogens with zero attached hydrogens (tertiary/aromatic N) is 1. The van der Waals surface area contributed by atoms with E-state index < -0.39 is 12.7 Å². The molecule has 2 heteroatoms. The quantitative estimate of drug-likeness (QED) is 0.240. The minimum atomic E-state index is -2.32. The first-order chi connectivity index (χ1) is 18.2. The third-order valence-electron chi connectivity index (χ3n) is 7.02. The van der Waals surface area contributed by atoms with Crippen LogP contribution >= 0.6 is 0 Å². The van der Waals surface area contributed by atoms with Crippen LogP contribution in [0.3, 0.4) is 0 Å². The molecule has 0 atom stereocenters. The van der Waals surface area contributed by atoms with E-state index >= 15 is 0 Å². The van der Waals surface area contributed by atoms with Gasteiger partial charge in [-0.2, -0.15) is 0 Å². The van der Waals surface area contributed by atoms with Crippen LogP contribution in [0.4, 0.5) is 0 Å². The second-order valence-corrected chi connectivity index (χ2v) is 10.7. The molecule has 0 aliphatic carbocycles. The van der Waals surface area contributed by atoms with Gasteiger partial charge in [-0.05, 0) is 92.8 Å². The lowest BCUT2D eigenvalue weighted by Crippen LogP contribution is -2.11. The van der Waals surface area contributed by atoms with Gasteiger partial charge in [-0.15, -0.1) is 0 Å². The molecule has 2 nitrogen and oxygen atoms in total. The van der Waals surface area contributed by atoms with Gasteiger partial charge < -0.3 is 4.42 Å². The van der Waals surface area contributed by atoms with Crippen molar-refractivity contribution in [2.75, 3.05) is 0 Å². The van der Waals surface area contributed by atoms with E-state index in [4.69, 9.17) is 9.90 Å². The number of rotatable bonds is 2. The number of aryl methyl sites for hydroxylation is 1. The van der Waals surface area contributed by atoms with E-state index in [1.54, 1.807) is 18.3 Å². The number of hydrogen-bond donors (Lipinski definition) is 0. The third-order valence-corrected chi connectivity index (χ3v) is 7.02. The Balaban J connectivity index is 1.78. The molecule has 0 aliphatic heterocycles. The Morgan fingerprint density at radius 3 is 2.49 bits per heavy atom. The molecule has 2 aromatic heterocycles. The molecule has 0 radical (unpaired) electrons. The molecule has 0 N–H and O–H groups in total. The van der Waals surface area contributed by atoms with E-state index in [1.165, 1.54) is 5.56 Å². The molecule has 0 aliphatic rings. The zero-order chi connectivity index (χ0) is 27.9. The van der Waals surface area contributed by atoms with Gasteiger partial charge >= 0.3 is 0 Å². The monoisotopic (exact) mass is 461 g/mol. The number of benzene rings is 4. The number of aromatic nitrogens is 1. The highest BCUT2D eigenvalue weighted by Crippen LogP contribution is 2.42. The predicted molar refractivity (Wildman–Crippen MR) is 149 cm³/mol. The van der Waals surface area contributed by atoms with E-state index in [0.717, 1.165) is 32.5 Å². The molecule has 0 saturated heterocycles. The normalized spacial score (nSPS) is 14.9. The highest BCUT2D eigenvalue weighted by molar-refractivity contribution is 6.19. The molecule has 0 amide bonds. The lowest BCUT2D eigenvalue weighted by Gasteiger charge is -2.22. The van der Waals surface area contributed by atoms with Crippen molar-refractivity contribution in [1.82, 2.24) is 4.98 Å². The molecule has 174 valence electrons. The van der Waals surface area contributed by atoms with Crippen molar-refractivity contribution in [1.29, 1.82) is 0 Å². The number of pyridine rings is 1. The van der Waals surface area contributed by atoms with Gasteiger partial charge in [0.1, 0.15) is 11.2 Å². The van der Waals surface area contributed by atoms with Crippen LogP contribution < -0.4 is 0 Å². The van der Waals surface area contributed by atoms with Gasteiger partial charge in [-0.25, -0.2) is 0 Å². The summed E-state index contributed by atoms with van der Waals surface area (Å²) < 4.78 is 40.0. The summed E-state index contributed by atoms with van der Waals surface area (Å²) in [5, 5.41) is 5.81. The van der Waals surface area contributed by atoms with Crippen molar-refractivity contribution in [3.63, 3.8) is 0 Å². The van der Waals surface area contributed by atoms with E-state index in [-0.39, 0.29) is 11.0 Å². The maximum Gasteiger partial charge on any atom is 0.145 e. The maximum absolute atomic E-state index is 8.49. The Morgan fingerprint density at radius 2 is 1.71 bits per heavy atom. The van der Waals surface area contributed by atoms with Gasteiger partial charge in [0.2, 0.25) is 0 Å². The first-order valence-corrected chi connectivity index (χ1v) is 12.1. The van der Waals surface area contributed by atoms with Crippen LogP contribution in [0.5, 0.6) is 0 Å². The van der Waals surface area contributed by atoms with Crippen molar-refractivity contribution in [3.8, 4) is 11.3 Å². The predicted octanol–water partition coefficient (Wildman–Crippen LogP) is 9.68. The standard InChI is InChI=1S/C33H31NO/c1-19(2)21-13-14-34-29(16-21)24-12-11-20(3)31-27-17-25-23-10-8-7-9-22(23)15-28(33(4,5)6)26(25)18-30(27)35-32(24)31/h7-19H,1-6H3/i3D3,19D. The SMILES string of the molecule is [2H]C([2H])([2H])c1ccc(-c2cc(C([2H])(C)C)ccn2)c2oc3cc4c(C(C)(C)C)cc5ccccc5c4cc3c12. The Hall–Kier alpha value is -3.65. The molecule has 0 bridgehead atoms. The van der Waals surface area contributed by atoms with Crippen molar-refractivity contribution in [2.45, 2.75) is 52.8 Å². The molecular formula is C33H31NO. The Morgan fingerprint density at radius 1 is 0.886 bits per heavy atom. The summed E-state index contributed by atoms with van der Waals surface area (Å²) in [6, 6.07) is 21.9. The number of hydrogen-bond acceptors (Lipinski definition) is 2. The van der Waals surface area contributed by atoms with Gasteiger partial charge in [0.25, 0.3) is 0 Å². The van der Waals surface area contributed by atoms with Gasteiger partial charge in [0.15, 0.2) is 0 Å². The maximum atomic E-state index is 8.49. The van der Waals surface area contributed by atoms with Crippen LogP contribution in [-0.4, -0.2) is 4.98 Å². The topological polar surface area (TPSA) is 26.0 Å². The molecule has 0 fully saturated rings. The zero-order valence-corrected chi connectivity index (χ0v) is 20.8. The minimum absolute atomic E-state index is 0.107. The Bertz CT molecular complexity index is 1920. The summed E-state index contributed by atoms with van der Waals surface area (Å²) in [6.07, 6.45) is 1.70. The Labute approximate surface area is 212 Å². The Kier molecular flexibility index (Phi) is 3.89. The van der Waals surface area contributed by atoms with E-state index in [0.29, 0.717) is 27.8 Å². The van der Waals surface area contributed by atoms with Crippen molar-refractivity contribution in [2.24, 2.45) is 0 Å².